The summed E-state index contributed by atoms with van der Waals surface area (Å²) in [5.74, 6) is -0.428. The van der Waals surface area contributed by atoms with Gasteiger partial charge < -0.3 is 15.0 Å². The number of fused-ring (bicyclic) bond motifs is 1. The molecule has 1 atom stereocenters. The summed E-state index contributed by atoms with van der Waals surface area (Å²) in [7, 11) is 0. The molecule has 0 aliphatic carbocycles. The van der Waals surface area contributed by atoms with Gasteiger partial charge in [0.15, 0.2) is 5.13 Å². The number of hydrogen-bond donors (Lipinski definition) is 1. The molecule has 7 heteroatoms. The summed E-state index contributed by atoms with van der Waals surface area (Å²) in [5.41, 5.74) is 0.596. The Morgan fingerprint density at radius 2 is 2.07 bits per heavy atom. The van der Waals surface area contributed by atoms with Crippen molar-refractivity contribution in [3.8, 4) is 0 Å². The van der Waals surface area contributed by atoms with Gasteiger partial charge in [-0.2, -0.15) is 0 Å². The van der Waals surface area contributed by atoms with Crippen molar-refractivity contribution in [3.63, 3.8) is 0 Å². The highest BCUT2D eigenvalue weighted by atomic mass is 32.1. The van der Waals surface area contributed by atoms with Crippen molar-refractivity contribution in [3.05, 3.63) is 59.6 Å². The summed E-state index contributed by atoms with van der Waals surface area (Å²) in [6.45, 7) is 1.06. The SMILES string of the molecule is O=C(CN(CC1CCCO1)C(=O)c1cccc2ccccc12)Nc1nccs1. The van der Waals surface area contributed by atoms with Crippen LogP contribution in [0.15, 0.2) is 54.0 Å². The predicted molar refractivity (Wildman–Crippen MR) is 110 cm³/mol. The number of thiazole rings is 1. The number of ether oxygens (including phenoxy) is 1. The molecule has 2 aromatic carbocycles. The van der Waals surface area contributed by atoms with Gasteiger partial charge in [-0.05, 0) is 29.7 Å². The maximum absolute atomic E-state index is 13.4. The van der Waals surface area contributed by atoms with Crippen LogP contribution in [0.3, 0.4) is 0 Å². The Labute approximate surface area is 167 Å². The molecule has 0 saturated carbocycles. The van der Waals surface area contributed by atoms with Crippen molar-refractivity contribution in [1.82, 2.24) is 9.88 Å². The number of hydrogen-bond acceptors (Lipinski definition) is 5. The highest BCUT2D eigenvalue weighted by molar-refractivity contribution is 7.13. The van der Waals surface area contributed by atoms with Gasteiger partial charge in [-0.15, -0.1) is 11.3 Å². The summed E-state index contributed by atoms with van der Waals surface area (Å²) in [4.78, 5) is 31.5. The Bertz CT molecular complexity index is 963. The highest BCUT2D eigenvalue weighted by Gasteiger charge is 2.26. The second-order valence-corrected chi connectivity index (χ2v) is 7.63. The molecule has 144 valence electrons. The van der Waals surface area contributed by atoms with E-state index in [0.717, 1.165) is 23.6 Å². The van der Waals surface area contributed by atoms with E-state index in [0.29, 0.717) is 23.8 Å². The van der Waals surface area contributed by atoms with Gasteiger partial charge in [0.25, 0.3) is 5.91 Å². The molecule has 4 rings (SSSR count). The molecular weight excluding hydrogens is 374 g/mol. The first-order chi connectivity index (χ1) is 13.7. The predicted octanol–water partition coefficient (Wildman–Crippen LogP) is 3.56. The van der Waals surface area contributed by atoms with Crippen LogP contribution >= 0.6 is 11.3 Å². The largest absolute Gasteiger partial charge is 0.376 e. The molecule has 1 saturated heterocycles. The molecule has 2 heterocycles. The molecular formula is C21H21N3O3S. The molecule has 1 unspecified atom stereocenters. The summed E-state index contributed by atoms with van der Waals surface area (Å²) in [6, 6.07) is 13.4. The summed E-state index contributed by atoms with van der Waals surface area (Å²) in [5, 5.41) is 6.95. The second-order valence-electron chi connectivity index (χ2n) is 6.73. The lowest BCUT2D eigenvalue weighted by molar-refractivity contribution is -0.117. The van der Waals surface area contributed by atoms with Gasteiger partial charge in [-0.3, -0.25) is 9.59 Å². The summed E-state index contributed by atoms with van der Waals surface area (Å²) >= 11 is 1.35. The Balaban J connectivity index is 1.58. The molecule has 1 aliphatic rings. The van der Waals surface area contributed by atoms with E-state index in [-0.39, 0.29) is 24.5 Å². The number of benzene rings is 2. The maximum Gasteiger partial charge on any atom is 0.255 e. The second kappa shape index (κ2) is 8.50. The molecule has 1 fully saturated rings. The number of nitrogens with zero attached hydrogens (tertiary/aromatic N) is 2. The molecule has 3 aromatic rings. The van der Waals surface area contributed by atoms with E-state index in [4.69, 9.17) is 4.74 Å². The van der Waals surface area contributed by atoms with Gasteiger partial charge in [-0.25, -0.2) is 4.98 Å². The van der Waals surface area contributed by atoms with Gasteiger partial charge in [0.1, 0.15) is 6.54 Å². The molecule has 1 N–H and O–H groups in total. The minimum Gasteiger partial charge on any atom is -0.376 e. The fourth-order valence-electron chi connectivity index (χ4n) is 3.45. The topological polar surface area (TPSA) is 71.5 Å². The Morgan fingerprint density at radius 3 is 2.86 bits per heavy atom. The van der Waals surface area contributed by atoms with Crippen LogP contribution in [0.5, 0.6) is 0 Å². The monoisotopic (exact) mass is 395 g/mol. The standard InChI is InChI=1S/C21H21N3O3S/c25-19(23-21-22-10-12-28-21)14-24(13-16-7-4-11-27-16)20(26)18-9-3-6-15-5-1-2-8-17(15)18/h1-3,5-6,8-10,12,16H,4,7,11,13-14H2,(H,22,23,25). The zero-order valence-corrected chi connectivity index (χ0v) is 16.2. The average Bonchev–Trinajstić information content (AvgIpc) is 3.41. The average molecular weight is 395 g/mol. The number of aromatic nitrogens is 1. The fraction of sp³-hybridized carbons (Fsp3) is 0.286. The van der Waals surface area contributed by atoms with Gasteiger partial charge in [-0.1, -0.05) is 36.4 Å². The molecule has 0 bridgehead atoms. The van der Waals surface area contributed by atoms with Crippen LogP contribution < -0.4 is 5.32 Å². The van der Waals surface area contributed by atoms with Crippen LogP contribution in [0.2, 0.25) is 0 Å². The van der Waals surface area contributed by atoms with Crippen molar-refractivity contribution in [2.75, 3.05) is 25.0 Å². The maximum atomic E-state index is 13.4. The summed E-state index contributed by atoms with van der Waals surface area (Å²) in [6.07, 6.45) is 3.47. The number of anilines is 1. The first kappa shape index (κ1) is 18.6. The number of carbonyl (C=O) groups is 2. The normalized spacial score (nSPS) is 16.2. The minimum atomic E-state index is -0.262. The van der Waals surface area contributed by atoms with Crippen LogP contribution in [0, 0.1) is 0 Å². The molecule has 28 heavy (non-hydrogen) atoms. The van der Waals surface area contributed by atoms with Crippen LogP contribution in [0.4, 0.5) is 5.13 Å². The van der Waals surface area contributed by atoms with Crippen molar-refractivity contribution >= 4 is 39.1 Å². The van der Waals surface area contributed by atoms with E-state index in [2.05, 4.69) is 10.3 Å². The fourth-order valence-corrected chi connectivity index (χ4v) is 4.00. The van der Waals surface area contributed by atoms with Crippen LogP contribution in [0.1, 0.15) is 23.2 Å². The zero-order valence-electron chi connectivity index (χ0n) is 15.3. The van der Waals surface area contributed by atoms with Gasteiger partial charge in [0.05, 0.1) is 6.10 Å². The Kier molecular flexibility index (Phi) is 5.64. The van der Waals surface area contributed by atoms with E-state index in [1.54, 1.807) is 16.5 Å². The molecule has 1 aromatic heterocycles. The number of carbonyl (C=O) groups excluding carboxylic acids is 2. The van der Waals surface area contributed by atoms with E-state index in [1.807, 2.05) is 42.5 Å². The lowest BCUT2D eigenvalue weighted by Gasteiger charge is -2.25. The zero-order chi connectivity index (χ0) is 19.3. The van der Waals surface area contributed by atoms with E-state index >= 15 is 0 Å². The first-order valence-electron chi connectivity index (χ1n) is 9.29. The smallest absolute Gasteiger partial charge is 0.255 e. The lowest BCUT2D eigenvalue weighted by Crippen LogP contribution is -2.42. The van der Waals surface area contributed by atoms with Crippen molar-refractivity contribution < 1.29 is 14.3 Å². The van der Waals surface area contributed by atoms with Gasteiger partial charge in [0, 0.05) is 30.3 Å². The van der Waals surface area contributed by atoms with E-state index in [9.17, 15) is 9.59 Å². The van der Waals surface area contributed by atoms with Gasteiger partial charge in [0.2, 0.25) is 5.91 Å². The quantitative estimate of drug-likeness (QED) is 0.693. The number of amides is 2. The van der Waals surface area contributed by atoms with Crippen LogP contribution in [0.25, 0.3) is 10.8 Å². The number of nitrogens with one attached hydrogen (secondary N) is 1. The van der Waals surface area contributed by atoms with Crippen LogP contribution in [-0.2, 0) is 9.53 Å². The van der Waals surface area contributed by atoms with Gasteiger partial charge >= 0.3 is 0 Å². The third kappa shape index (κ3) is 4.21. The minimum absolute atomic E-state index is 0.0356. The molecule has 2 amide bonds. The molecule has 6 nitrogen and oxygen atoms in total. The summed E-state index contributed by atoms with van der Waals surface area (Å²) < 4.78 is 5.71. The Hall–Kier alpha value is -2.77. The Morgan fingerprint density at radius 1 is 1.21 bits per heavy atom. The van der Waals surface area contributed by atoms with Crippen molar-refractivity contribution in [2.24, 2.45) is 0 Å². The van der Waals surface area contributed by atoms with Crippen LogP contribution in [-0.4, -0.2) is 47.5 Å². The van der Waals surface area contributed by atoms with E-state index < -0.39 is 0 Å². The first-order valence-corrected chi connectivity index (χ1v) is 10.2. The van der Waals surface area contributed by atoms with Crippen molar-refractivity contribution in [2.45, 2.75) is 18.9 Å². The highest BCUT2D eigenvalue weighted by Crippen LogP contribution is 2.22. The van der Waals surface area contributed by atoms with Crippen molar-refractivity contribution in [1.29, 1.82) is 0 Å². The lowest BCUT2D eigenvalue weighted by atomic mass is 10.0. The third-order valence-corrected chi connectivity index (χ3v) is 5.46. The third-order valence-electron chi connectivity index (χ3n) is 4.77. The molecule has 0 radical (unpaired) electrons. The molecule has 0 spiro atoms. The molecule has 1 aliphatic heterocycles. The number of rotatable bonds is 6. The van der Waals surface area contributed by atoms with E-state index in [1.165, 1.54) is 11.3 Å².